The van der Waals surface area contributed by atoms with Crippen LogP contribution in [0.15, 0.2) is 4.52 Å². The van der Waals surface area contributed by atoms with Gasteiger partial charge in [-0.05, 0) is 5.41 Å². The Labute approximate surface area is 110 Å². The van der Waals surface area contributed by atoms with Gasteiger partial charge < -0.3 is 19.1 Å². The predicted molar refractivity (Wildman–Crippen MR) is 63.5 cm³/mol. The minimum absolute atomic E-state index is 0.0494. The summed E-state index contributed by atoms with van der Waals surface area (Å²) in [5.41, 5.74) is -0.431. The maximum atomic E-state index is 10.8. The van der Waals surface area contributed by atoms with E-state index in [1.807, 2.05) is 13.8 Å². The van der Waals surface area contributed by atoms with E-state index in [0.29, 0.717) is 38.0 Å². The lowest BCUT2D eigenvalue weighted by molar-refractivity contribution is -0.139. The van der Waals surface area contributed by atoms with E-state index in [2.05, 4.69) is 10.1 Å². The maximum absolute atomic E-state index is 10.8. The average molecular weight is 270 g/mol. The Hall–Kier alpha value is -1.47. The quantitative estimate of drug-likeness (QED) is 0.858. The van der Waals surface area contributed by atoms with Crippen LogP contribution in [-0.4, -0.2) is 41.0 Å². The van der Waals surface area contributed by atoms with Crippen LogP contribution in [0.25, 0.3) is 0 Å². The van der Waals surface area contributed by atoms with Gasteiger partial charge in [-0.15, -0.1) is 0 Å². The molecule has 1 aromatic rings. The van der Waals surface area contributed by atoms with Crippen LogP contribution in [0.1, 0.15) is 38.1 Å². The second-order valence-electron chi connectivity index (χ2n) is 5.39. The molecular formula is C12H18N2O5. The van der Waals surface area contributed by atoms with E-state index in [1.54, 1.807) is 0 Å². The molecule has 2 rings (SSSR count). The smallest absolute Gasteiger partial charge is 0.303 e. The van der Waals surface area contributed by atoms with Gasteiger partial charge in [0.25, 0.3) is 0 Å². The molecule has 7 heteroatoms. The molecule has 0 radical (unpaired) electrons. The van der Waals surface area contributed by atoms with Gasteiger partial charge in [0.15, 0.2) is 0 Å². The lowest BCUT2D eigenvalue weighted by Crippen LogP contribution is -2.23. The molecule has 0 amide bonds. The van der Waals surface area contributed by atoms with E-state index >= 15 is 0 Å². The molecule has 0 aliphatic carbocycles. The summed E-state index contributed by atoms with van der Waals surface area (Å²) in [6.45, 7) is 5.21. The second-order valence-corrected chi connectivity index (χ2v) is 5.39. The van der Waals surface area contributed by atoms with Crippen molar-refractivity contribution in [2.24, 2.45) is 5.41 Å². The van der Waals surface area contributed by atoms with Gasteiger partial charge >= 0.3 is 5.97 Å². The number of hydrogen-bond acceptors (Lipinski definition) is 6. The van der Waals surface area contributed by atoms with Gasteiger partial charge in [0.2, 0.25) is 11.7 Å². The van der Waals surface area contributed by atoms with E-state index in [0.717, 1.165) is 0 Å². The van der Waals surface area contributed by atoms with Gasteiger partial charge in [-0.25, -0.2) is 0 Å². The second kappa shape index (κ2) is 5.66. The van der Waals surface area contributed by atoms with Gasteiger partial charge in [-0.3, -0.25) is 4.79 Å². The molecule has 1 aliphatic rings. The SMILES string of the molecule is CC(C)(CC(=O)O)Cc1nc(C2COCCO2)no1. The third-order valence-corrected chi connectivity index (χ3v) is 2.85. The minimum Gasteiger partial charge on any atom is -0.481 e. The van der Waals surface area contributed by atoms with Crippen molar-refractivity contribution in [2.75, 3.05) is 19.8 Å². The third kappa shape index (κ3) is 4.00. The highest BCUT2D eigenvalue weighted by atomic mass is 16.6. The number of aromatic nitrogens is 2. The average Bonchev–Trinajstić information content (AvgIpc) is 2.76. The van der Waals surface area contributed by atoms with Crippen LogP contribution in [0.5, 0.6) is 0 Å². The highest BCUT2D eigenvalue weighted by Gasteiger charge is 2.27. The fraction of sp³-hybridized carbons (Fsp3) is 0.750. The van der Waals surface area contributed by atoms with Gasteiger partial charge in [0.1, 0.15) is 6.10 Å². The van der Waals surface area contributed by atoms with Crippen LogP contribution < -0.4 is 0 Å². The Morgan fingerprint density at radius 1 is 1.47 bits per heavy atom. The van der Waals surface area contributed by atoms with Crippen molar-refractivity contribution in [3.8, 4) is 0 Å². The first-order valence-electron chi connectivity index (χ1n) is 6.20. The normalized spacial score (nSPS) is 20.4. The number of hydrogen-bond donors (Lipinski definition) is 1. The van der Waals surface area contributed by atoms with Crippen molar-refractivity contribution in [2.45, 2.75) is 32.8 Å². The van der Waals surface area contributed by atoms with Crippen LogP contribution in [0.2, 0.25) is 0 Å². The molecule has 2 heterocycles. The molecule has 1 unspecified atom stereocenters. The van der Waals surface area contributed by atoms with Crippen molar-refractivity contribution in [3.63, 3.8) is 0 Å². The van der Waals surface area contributed by atoms with Gasteiger partial charge in [-0.2, -0.15) is 4.98 Å². The van der Waals surface area contributed by atoms with Crippen LogP contribution in [0, 0.1) is 5.41 Å². The lowest BCUT2D eigenvalue weighted by atomic mass is 9.86. The number of carboxylic acids is 1. The number of carboxylic acid groups (broad SMARTS) is 1. The molecule has 1 N–H and O–H groups in total. The number of ether oxygens (including phenoxy) is 2. The molecule has 1 atom stereocenters. The van der Waals surface area contributed by atoms with Gasteiger partial charge in [-0.1, -0.05) is 19.0 Å². The van der Waals surface area contributed by atoms with Crippen LogP contribution in [0.4, 0.5) is 0 Å². The van der Waals surface area contributed by atoms with Crippen molar-refractivity contribution in [1.29, 1.82) is 0 Å². The fourth-order valence-electron chi connectivity index (χ4n) is 1.99. The van der Waals surface area contributed by atoms with Crippen LogP contribution >= 0.6 is 0 Å². The van der Waals surface area contributed by atoms with E-state index in [4.69, 9.17) is 19.1 Å². The molecule has 0 bridgehead atoms. The summed E-state index contributed by atoms with van der Waals surface area (Å²) in [4.78, 5) is 15.0. The first-order chi connectivity index (χ1) is 8.96. The molecule has 0 aromatic carbocycles. The Kier molecular flexibility index (Phi) is 4.16. The Bertz CT molecular complexity index is 437. The van der Waals surface area contributed by atoms with Crippen LogP contribution in [-0.2, 0) is 20.7 Å². The fourth-order valence-corrected chi connectivity index (χ4v) is 1.99. The van der Waals surface area contributed by atoms with Gasteiger partial charge in [0, 0.05) is 6.42 Å². The zero-order valence-corrected chi connectivity index (χ0v) is 11.1. The predicted octanol–water partition coefficient (Wildman–Crippen LogP) is 1.20. The summed E-state index contributed by atoms with van der Waals surface area (Å²) in [7, 11) is 0. The number of rotatable bonds is 5. The molecular weight excluding hydrogens is 252 g/mol. The molecule has 1 aromatic heterocycles. The standard InChI is InChI=1S/C12H18N2O5/c1-12(2,6-10(15)16)5-9-13-11(14-19-9)8-7-17-3-4-18-8/h8H,3-7H2,1-2H3,(H,15,16). The van der Waals surface area contributed by atoms with Crippen molar-refractivity contribution in [3.05, 3.63) is 11.7 Å². The molecule has 7 nitrogen and oxygen atoms in total. The summed E-state index contributed by atoms with van der Waals surface area (Å²) in [5, 5.41) is 12.7. The topological polar surface area (TPSA) is 94.7 Å². The summed E-state index contributed by atoms with van der Waals surface area (Å²) in [6, 6.07) is 0. The maximum Gasteiger partial charge on any atom is 0.303 e. The first-order valence-corrected chi connectivity index (χ1v) is 6.20. The van der Waals surface area contributed by atoms with Crippen molar-refractivity contribution < 1.29 is 23.9 Å². The largest absolute Gasteiger partial charge is 0.481 e. The highest BCUT2D eigenvalue weighted by Crippen LogP contribution is 2.26. The summed E-state index contributed by atoms with van der Waals surface area (Å²) < 4.78 is 15.9. The van der Waals surface area contributed by atoms with E-state index in [1.165, 1.54) is 0 Å². The third-order valence-electron chi connectivity index (χ3n) is 2.85. The van der Waals surface area contributed by atoms with E-state index in [9.17, 15) is 4.79 Å². The molecule has 106 valence electrons. The Balaban J connectivity index is 1.98. The Morgan fingerprint density at radius 2 is 2.26 bits per heavy atom. The molecule has 0 saturated carbocycles. The molecule has 1 fully saturated rings. The highest BCUT2D eigenvalue weighted by molar-refractivity contribution is 5.67. The zero-order valence-electron chi connectivity index (χ0n) is 11.1. The lowest BCUT2D eigenvalue weighted by Gasteiger charge is -2.20. The van der Waals surface area contributed by atoms with E-state index < -0.39 is 11.4 Å². The summed E-state index contributed by atoms with van der Waals surface area (Å²) >= 11 is 0. The number of carbonyl (C=O) groups is 1. The molecule has 1 aliphatic heterocycles. The minimum atomic E-state index is -0.839. The molecule has 1 saturated heterocycles. The Morgan fingerprint density at radius 3 is 2.89 bits per heavy atom. The summed E-state index contributed by atoms with van der Waals surface area (Å²) in [6.07, 6.45) is 0.169. The van der Waals surface area contributed by atoms with Crippen molar-refractivity contribution in [1.82, 2.24) is 10.1 Å². The molecule has 19 heavy (non-hydrogen) atoms. The number of nitrogens with zero attached hydrogens (tertiary/aromatic N) is 2. The van der Waals surface area contributed by atoms with Gasteiger partial charge in [0.05, 0.1) is 26.2 Å². The number of aliphatic carboxylic acids is 1. The zero-order chi connectivity index (χ0) is 13.9. The van der Waals surface area contributed by atoms with Crippen LogP contribution in [0.3, 0.4) is 0 Å². The molecule has 0 spiro atoms. The first kappa shape index (κ1) is 14.0. The van der Waals surface area contributed by atoms with Crippen molar-refractivity contribution >= 4 is 5.97 Å². The summed E-state index contributed by atoms with van der Waals surface area (Å²) in [5.74, 6) is 0.0463. The van der Waals surface area contributed by atoms with E-state index in [-0.39, 0.29) is 12.5 Å². The monoisotopic (exact) mass is 270 g/mol.